The molecule has 0 spiro atoms. The molecule has 0 heterocycles. The standard InChI is InChI=1S/C23H32O2S/c1-23(2,3)26(24,25)19-11-6-4-5-8-12-20-15-17-22(18-16-20)21-13-9-7-10-14-21/h7,9-10,13-18H,4-6,8,11-12,19H2,1-3H3. The van der Waals surface area contributed by atoms with E-state index in [-0.39, 0.29) is 0 Å². The highest BCUT2D eigenvalue weighted by Gasteiger charge is 2.27. The average molecular weight is 373 g/mol. The van der Waals surface area contributed by atoms with Gasteiger partial charge in [0.15, 0.2) is 9.84 Å². The second kappa shape index (κ2) is 9.36. The Morgan fingerprint density at radius 3 is 1.85 bits per heavy atom. The van der Waals surface area contributed by atoms with Gasteiger partial charge in [0.05, 0.1) is 10.5 Å². The monoisotopic (exact) mass is 372 g/mol. The van der Waals surface area contributed by atoms with Crippen LogP contribution in [0.25, 0.3) is 11.1 Å². The van der Waals surface area contributed by atoms with Gasteiger partial charge < -0.3 is 0 Å². The van der Waals surface area contributed by atoms with E-state index in [0.717, 1.165) is 38.5 Å². The summed E-state index contributed by atoms with van der Waals surface area (Å²) in [6, 6.07) is 19.3. The van der Waals surface area contributed by atoms with Gasteiger partial charge >= 0.3 is 0 Å². The number of hydrogen-bond donors (Lipinski definition) is 0. The molecule has 0 saturated carbocycles. The zero-order chi connectivity index (χ0) is 19.0. The van der Waals surface area contributed by atoms with Crippen molar-refractivity contribution >= 4 is 9.84 Å². The van der Waals surface area contributed by atoms with E-state index in [1.165, 1.54) is 16.7 Å². The van der Waals surface area contributed by atoms with Crippen LogP contribution in [-0.4, -0.2) is 18.9 Å². The van der Waals surface area contributed by atoms with Gasteiger partial charge in [-0.25, -0.2) is 8.42 Å². The molecule has 0 fully saturated rings. The fourth-order valence-electron chi connectivity index (χ4n) is 2.95. The van der Waals surface area contributed by atoms with Gasteiger partial charge in [-0.3, -0.25) is 0 Å². The molecule has 0 radical (unpaired) electrons. The molecule has 0 aliphatic carbocycles. The van der Waals surface area contributed by atoms with Crippen molar-refractivity contribution in [3.8, 4) is 11.1 Å². The van der Waals surface area contributed by atoms with Gasteiger partial charge in [0.2, 0.25) is 0 Å². The summed E-state index contributed by atoms with van der Waals surface area (Å²) in [7, 11) is -2.96. The Labute approximate surface area is 159 Å². The summed E-state index contributed by atoms with van der Waals surface area (Å²) < 4.78 is 23.5. The Bertz CT molecular complexity index is 754. The second-order valence-corrected chi connectivity index (χ2v) is 10.9. The lowest BCUT2D eigenvalue weighted by atomic mass is 10.0. The molecule has 2 nitrogen and oxygen atoms in total. The maximum atomic E-state index is 12.1. The lowest BCUT2D eigenvalue weighted by Crippen LogP contribution is -2.30. The highest BCUT2D eigenvalue weighted by Crippen LogP contribution is 2.21. The molecule has 0 aliphatic rings. The third kappa shape index (κ3) is 6.28. The van der Waals surface area contributed by atoms with Crippen molar-refractivity contribution in [3.05, 3.63) is 60.2 Å². The van der Waals surface area contributed by atoms with E-state index in [9.17, 15) is 8.42 Å². The number of rotatable bonds is 9. The largest absolute Gasteiger partial charge is 0.228 e. The Kier molecular flexibility index (Phi) is 7.45. The summed E-state index contributed by atoms with van der Waals surface area (Å²) in [5.41, 5.74) is 3.89. The van der Waals surface area contributed by atoms with Crippen LogP contribution in [0.2, 0.25) is 0 Å². The summed E-state index contributed by atoms with van der Waals surface area (Å²) in [6.07, 6.45) is 6.32. The molecular formula is C23H32O2S. The maximum Gasteiger partial charge on any atom is 0.155 e. The van der Waals surface area contributed by atoms with Crippen molar-refractivity contribution in [1.82, 2.24) is 0 Å². The third-order valence-corrected chi connectivity index (χ3v) is 7.56. The smallest absolute Gasteiger partial charge is 0.155 e. The molecule has 2 aromatic carbocycles. The van der Waals surface area contributed by atoms with Crippen LogP contribution in [-0.2, 0) is 16.3 Å². The average Bonchev–Trinajstić information content (AvgIpc) is 2.61. The van der Waals surface area contributed by atoms with Gasteiger partial charge in [-0.15, -0.1) is 0 Å². The molecule has 0 saturated heterocycles. The van der Waals surface area contributed by atoms with Gasteiger partial charge in [0.25, 0.3) is 0 Å². The third-order valence-electron chi connectivity index (χ3n) is 4.87. The second-order valence-electron chi connectivity index (χ2n) is 8.01. The minimum atomic E-state index is -2.96. The van der Waals surface area contributed by atoms with Gasteiger partial charge in [-0.1, -0.05) is 73.9 Å². The topological polar surface area (TPSA) is 34.1 Å². The first-order valence-electron chi connectivity index (χ1n) is 9.66. The van der Waals surface area contributed by atoms with Gasteiger partial charge in [0.1, 0.15) is 0 Å². The minimum absolute atomic E-state index is 0.317. The Morgan fingerprint density at radius 2 is 1.23 bits per heavy atom. The molecule has 26 heavy (non-hydrogen) atoms. The predicted molar refractivity (Wildman–Crippen MR) is 112 cm³/mol. The van der Waals surface area contributed by atoms with Gasteiger partial charge in [0, 0.05) is 0 Å². The van der Waals surface area contributed by atoms with E-state index >= 15 is 0 Å². The number of sulfone groups is 1. The molecule has 0 bridgehead atoms. The number of hydrogen-bond acceptors (Lipinski definition) is 2. The van der Waals surface area contributed by atoms with E-state index < -0.39 is 14.6 Å². The molecule has 2 aromatic rings. The van der Waals surface area contributed by atoms with Crippen molar-refractivity contribution in [2.45, 2.75) is 64.0 Å². The molecule has 0 unspecified atom stereocenters. The Hall–Kier alpha value is -1.61. The molecule has 142 valence electrons. The zero-order valence-corrected chi connectivity index (χ0v) is 17.2. The molecule has 0 aliphatic heterocycles. The predicted octanol–water partition coefficient (Wildman–Crippen LogP) is 6.06. The lowest BCUT2D eigenvalue weighted by molar-refractivity contribution is 0.552. The summed E-state index contributed by atoms with van der Waals surface area (Å²) >= 11 is 0. The minimum Gasteiger partial charge on any atom is -0.228 e. The molecule has 0 N–H and O–H groups in total. The summed E-state index contributed by atoms with van der Waals surface area (Å²) in [6.45, 7) is 5.35. The maximum absolute atomic E-state index is 12.1. The SMILES string of the molecule is CC(C)(C)S(=O)(=O)CCCCCCCc1ccc(-c2ccccc2)cc1. The van der Waals surface area contributed by atoms with Crippen molar-refractivity contribution in [2.75, 3.05) is 5.75 Å². The van der Waals surface area contributed by atoms with Crippen LogP contribution in [0, 0.1) is 0 Å². The lowest BCUT2D eigenvalue weighted by Gasteiger charge is -2.18. The van der Waals surface area contributed by atoms with Crippen LogP contribution in [0.1, 0.15) is 58.4 Å². The number of unbranched alkanes of at least 4 members (excludes halogenated alkanes) is 4. The van der Waals surface area contributed by atoms with Crippen molar-refractivity contribution in [3.63, 3.8) is 0 Å². The van der Waals surface area contributed by atoms with Gasteiger partial charge in [-0.2, -0.15) is 0 Å². The highest BCUT2D eigenvalue weighted by molar-refractivity contribution is 7.92. The Balaban J connectivity index is 1.65. The first-order valence-corrected chi connectivity index (χ1v) is 11.3. The van der Waals surface area contributed by atoms with Crippen LogP contribution in [0.3, 0.4) is 0 Å². The van der Waals surface area contributed by atoms with Crippen LogP contribution < -0.4 is 0 Å². The molecular weight excluding hydrogens is 340 g/mol. The van der Waals surface area contributed by atoms with E-state index in [4.69, 9.17) is 0 Å². The van der Waals surface area contributed by atoms with Crippen LogP contribution >= 0.6 is 0 Å². The van der Waals surface area contributed by atoms with Crippen LogP contribution in [0.5, 0.6) is 0 Å². The quantitative estimate of drug-likeness (QED) is 0.501. The molecule has 0 aromatic heterocycles. The Morgan fingerprint density at radius 1 is 0.692 bits per heavy atom. The summed E-state index contributed by atoms with van der Waals surface area (Å²) in [5, 5.41) is 0. The van der Waals surface area contributed by atoms with E-state index in [2.05, 4.69) is 48.5 Å². The molecule has 2 rings (SSSR count). The first kappa shape index (κ1) is 20.7. The normalized spacial score (nSPS) is 12.3. The number of benzene rings is 2. The van der Waals surface area contributed by atoms with Crippen molar-refractivity contribution in [2.24, 2.45) is 0 Å². The van der Waals surface area contributed by atoms with Crippen molar-refractivity contribution in [1.29, 1.82) is 0 Å². The van der Waals surface area contributed by atoms with E-state index in [0.29, 0.717) is 5.75 Å². The van der Waals surface area contributed by atoms with Gasteiger partial charge in [-0.05, 0) is 56.7 Å². The number of aryl methyl sites for hydroxylation is 1. The first-order chi connectivity index (χ1) is 12.3. The summed E-state index contributed by atoms with van der Waals surface area (Å²) in [5.74, 6) is 0.317. The highest BCUT2D eigenvalue weighted by atomic mass is 32.2. The van der Waals surface area contributed by atoms with E-state index in [1.807, 2.05) is 6.07 Å². The fourth-order valence-corrected chi connectivity index (χ4v) is 4.15. The van der Waals surface area contributed by atoms with Crippen molar-refractivity contribution < 1.29 is 8.42 Å². The fraction of sp³-hybridized carbons (Fsp3) is 0.478. The molecule has 3 heteroatoms. The molecule has 0 atom stereocenters. The summed E-state index contributed by atoms with van der Waals surface area (Å²) in [4.78, 5) is 0. The zero-order valence-electron chi connectivity index (χ0n) is 16.4. The van der Waals surface area contributed by atoms with Crippen LogP contribution in [0.15, 0.2) is 54.6 Å². The molecule has 0 amide bonds. The van der Waals surface area contributed by atoms with Crippen LogP contribution in [0.4, 0.5) is 0 Å². The van der Waals surface area contributed by atoms with E-state index in [1.54, 1.807) is 20.8 Å².